The summed E-state index contributed by atoms with van der Waals surface area (Å²) in [7, 11) is 0. The van der Waals surface area contributed by atoms with Crippen LogP contribution in [0.3, 0.4) is 0 Å². The molecule has 1 N–H and O–H groups in total. The highest BCUT2D eigenvalue weighted by molar-refractivity contribution is 8.18. The molecule has 7 heteroatoms. The van der Waals surface area contributed by atoms with E-state index in [4.69, 9.17) is 0 Å². The van der Waals surface area contributed by atoms with Crippen LogP contribution in [0, 0.1) is 0 Å². The van der Waals surface area contributed by atoms with Crippen LogP contribution in [0.2, 0.25) is 0 Å². The molecule has 2 aliphatic rings. The van der Waals surface area contributed by atoms with Gasteiger partial charge in [0.25, 0.3) is 5.91 Å². The minimum Gasteiger partial charge on any atom is -0.269 e. The molecule has 0 aromatic carbocycles. The summed E-state index contributed by atoms with van der Waals surface area (Å²) in [5, 5.41) is 5.32. The lowest BCUT2D eigenvalue weighted by Crippen LogP contribution is -2.48. The van der Waals surface area contributed by atoms with Crippen molar-refractivity contribution in [3.8, 4) is 0 Å². The molecule has 0 atom stereocenters. The summed E-state index contributed by atoms with van der Waals surface area (Å²) in [6.45, 7) is 3.46. The van der Waals surface area contributed by atoms with Crippen LogP contribution in [0.1, 0.15) is 0 Å². The van der Waals surface area contributed by atoms with Gasteiger partial charge in [-0.3, -0.25) is 15.0 Å². The first kappa shape index (κ1) is 8.82. The van der Waals surface area contributed by atoms with E-state index in [-0.39, 0.29) is 4.91 Å². The Labute approximate surface area is 83.9 Å². The quantitative estimate of drug-likeness (QED) is 0.636. The second-order valence-corrected chi connectivity index (χ2v) is 3.50. The third-order valence-electron chi connectivity index (χ3n) is 1.55. The standard InChI is InChI=1S/C7H6N4O2S/c1-5-6(12)10(7(13)14-5)11-8-3-2-4-9-11/h2-4,8H,1H2. The first-order valence-corrected chi connectivity index (χ1v) is 4.52. The van der Waals surface area contributed by atoms with Gasteiger partial charge in [0.2, 0.25) is 0 Å². The SMILES string of the molecule is C=C1SC(=O)N(N2N=CC=CN2)C1=O. The van der Waals surface area contributed by atoms with E-state index < -0.39 is 11.1 Å². The van der Waals surface area contributed by atoms with Gasteiger partial charge in [0.05, 0.1) is 11.1 Å². The number of allylic oxidation sites excluding steroid dienone is 1. The second kappa shape index (κ2) is 3.18. The summed E-state index contributed by atoms with van der Waals surface area (Å²) in [4.78, 5) is 22.9. The molecule has 1 saturated heterocycles. The first-order valence-electron chi connectivity index (χ1n) is 3.70. The van der Waals surface area contributed by atoms with E-state index in [0.29, 0.717) is 0 Å². The Hall–Kier alpha value is -1.76. The maximum absolute atomic E-state index is 11.4. The van der Waals surface area contributed by atoms with Gasteiger partial charge in [-0.25, -0.2) is 0 Å². The molecule has 0 aromatic heterocycles. The van der Waals surface area contributed by atoms with Crippen molar-refractivity contribution in [2.24, 2.45) is 5.10 Å². The lowest BCUT2D eigenvalue weighted by molar-refractivity contribution is -0.137. The summed E-state index contributed by atoms with van der Waals surface area (Å²) in [5.74, 6) is -0.458. The molecule has 0 saturated carbocycles. The molecular formula is C7H6N4O2S. The van der Waals surface area contributed by atoms with E-state index in [9.17, 15) is 9.59 Å². The Morgan fingerprint density at radius 1 is 1.50 bits per heavy atom. The number of imide groups is 1. The number of hydrazone groups is 1. The predicted octanol–water partition coefficient (Wildman–Crippen LogP) is 0.430. The molecule has 0 radical (unpaired) electrons. The molecule has 2 amide bonds. The molecule has 0 bridgehead atoms. The van der Waals surface area contributed by atoms with Gasteiger partial charge in [-0.1, -0.05) is 11.8 Å². The molecule has 0 spiro atoms. The zero-order valence-electron chi connectivity index (χ0n) is 7.01. The summed E-state index contributed by atoms with van der Waals surface area (Å²) in [6, 6.07) is 0. The van der Waals surface area contributed by atoms with Crippen molar-refractivity contribution < 1.29 is 9.59 Å². The Bertz CT molecular complexity index is 376. The highest BCUT2D eigenvalue weighted by Gasteiger charge is 2.38. The van der Waals surface area contributed by atoms with Crippen LogP contribution in [-0.2, 0) is 4.79 Å². The lowest BCUT2D eigenvalue weighted by atomic mass is 10.6. The number of carbonyl (C=O) groups is 2. The summed E-state index contributed by atoms with van der Waals surface area (Å²) < 4.78 is 0. The Morgan fingerprint density at radius 2 is 2.29 bits per heavy atom. The molecule has 0 aliphatic carbocycles. The number of carbonyl (C=O) groups excluding carboxylic acids is 2. The van der Waals surface area contributed by atoms with Crippen molar-refractivity contribution in [1.29, 1.82) is 0 Å². The molecule has 0 aromatic rings. The van der Waals surface area contributed by atoms with E-state index in [0.717, 1.165) is 22.0 Å². The van der Waals surface area contributed by atoms with Gasteiger partial charge >= 0.3 is 5.24 Å². The van der Waals surface area contributed by atoms with Crippen molar-refractivity contribution in [3.63, 3.8) is 0 Å². The second-order valence-electron chi connectivity index (χ2n) is 2.45. The summed E-state index contributed by atoms with van der Waals surface area (Å²) in [6.07, 6.45) is 4.66. The normalized spacial score (nSPS) is 20.7. The van der Waals surface area contributed by atoms with E-state index in [1.54, 1.807) is 12.3 Å². The van der Waals surface area contributed by atoms with Crippen molar-refractivity contribution in [3.05, 3.63) is 23.8 Å². The fourth-order valence-corrected chi connectivity index (χ4v) is 1.59. The molecule has 2 heterocycles. The molecule has 0 unspecified atom stereocenters. The average Bonchev–Trinajstić information content (AvgIpc) is 2.43. The van der Waals surface area contributed by atoms with Gasteiger partial charge in [0.1, 0.15) is 0 Å². The molecule has 72 valence electrons. The van der Waals surface area contributed by atoms with Crippen molar-refractivity contribution in [2.45, 2.75) is 0 Å². The van der Waals surface area contributed by atoms with Gasteiger partial charge in [-0.05, 0) is 17.8 Å². The largest absolute Gasteiger partial charge is 0.315 e. The van der Waals surface area contributed by atoms with Crippen LogP contribution in [0.15, 0.2) is 28.9 Å². The number of nitrogens with zero attached hydrogens (tertiary/aromatic N) is 3. The Kier molecular flexibility index (Phi) is 2.01. The highest BCUT2D eigenvalue weighted by Crippen LogP contribution is 2.29. The molecule has 2 aliphatic heterocycles. The van der Waals surface area contributed by atoms with E-state index in [2.05, 4.69) is 17.1 Å². The topological polar surface area (TPSA) is 65.0 Å². The van der Waals surface area contributed by atoms with Crippen molar-refractivity contribution in [1.82, 2.24) is 15.7 Å². The van der Waals surface area contributed by atoms with Crippen LogP contribution in [0.5, 0.6) is 0 Å². The highest BCUT2D eigenvalue weighted by atomic mass is 32.2. The minimum absolute atomic E-state index is 0.196. The molecule has 2 rings (SSSR count). The maximum atomic E-state index is 11.4. The minimum atomic E-state index is -0.458. The fraction of sp³-hybridized carbons (Fsp3) is 0. The van der Waals surface area contributed by atoms with E-state index in [1.807, 2.05) is 0 Å². The fourth-order valence-electron chi connectivity index (χ4n) is 0.954. The lowest BCUT2D eigenvalue weighted by Gasteiger charge is -2.25. The predicted molar refractivity (Wildman–Crippen MR) is 51.6 cm³/mol. The van der Waals surface area contributed by atoms with Gasteiger partial charge in [-0.2, -0.15) is 0 Å². The number of nitrogens with one attached hydrogen (secondary N) is 1. The number of hydrogen-bond acceptors (Lipinski definition) is 6. The Morgan fingerprint density at radius 3 is 2.79 bits per heavy atom. The third-order valence-corrected chi connectivity index (χ3v) is 2.32. The average molecular weight is 210 g/mol. The molecule has 14 heavy (non-hydrogen) atoms. The van der Waals surface area contributed by atoms with E-state index in [1.165, 1.54) is 6.21 Å². The first-order chi connectivity index (χ1) is 6.70. The van der Waals surface area contributed by atoms with Crippen LogP contribution in [-0.4, -0.2) is 27.6 Å². The molecular weight excluding hydrogens is 204 g/mol. The number of hydrazine groups is 2. The summed E-state index contributed by atoms with van der Waals surface area (Å²) >= 11 is 0.794. The molecule has 1 fully saturated rings. The zero-order chi connectivity index (χ0) is 10.1. The number of rotatable bonds is 1. The van der Waals surface area contributed by atoms with Crippen LogP contribution >= 0.6 is 11.8 Å². The van der Waals surface area contributed by atoms with E-state index >= 15 is 0 Å². The monoisotopic (exact) mass is 210 g/mol. The number of amides is 2. The van der Waals surface area contributed by atoms with Gasteiger partial charge < -0.3 is 0 Å². The van der Waals surface area contributed by atoms with Gasteiger partial charge in [0.15, 0.2) is 0 Å². The molecule has 6 nitrogen and oxygen atoms in total. The van der Waals surface area contributed by atoms with Crippen molar-refractivity contribution >= 4 is 29.1 Å². The van der Waals surface area contributed by atoms with Crippen molar-refractivity contribution in [2.75, 3.05) is 0 Å². The smallest absolute Gasteiger partial charge is 0.269 e. The zero-order valence-corrected chi connectivity index (χ0v) is 7.82. The third kappa shape index (κ3) is 1.27. The van der Waals surface area contributed by atoms with Crippen LogP contribution in [0.4, 0.5) is 4.79 Å². The van der Waals surface area contributed by atoms with Gasteiger partial charge in [-0.15, -0.1) is 10.1 Å². The van der Waals surface area contributed by atoms with Crippen LogP contribution < -0.4 is 5.43 Å². The maximum Gasteiger partial charge on any atom is 0.315 e. The number of thioether (sulfide) groups is 1. The number of hydrogen-bond donors (Lipinski definition) is 1. The van der Waals surface area contributed by atoms with Crippen LogP contribution in [0.25, 0.3) is 0 Å². The van der Waals surface area contributed by atoms with Gasteiger partial charge in [0, 0.05) is 6.20 Å². The summed E-state index contributed by atoms with van der Waals surface area (Å²) in [5.41, 5.74) is 2.63. The Balaban J connectivity index is 2.22.